The van der Waals surface area contributed by atoms with Gasteiger partial charge < -0.3 is 4.74 Å². The van der Waals surface area contributed by atoms with Crippen molar-refractivity contribution in [1.82, 2.24) is 0 Å². The molecule has 0 saturated heterocycles. The number of hydrogen-bond donors (Lipinski definition) is 1. The highest BCUT2D eigenvalue weighted by Crippen LogP contribution is 2.31. The Hall–Kier alpha value is 0.01000. The topological polar surface area (TPSA) is 9.23 Å². The number of ether oxygens (including phenoxy) is 1. The zero-order valence-electron chi connectivity index (χ0n) is 11.7. The first-order chi connectivity index (χ1) is 8.76. The minimum atomic E-state index is 0.294. The van der Waals surface area contributed by atoms with Crippen LogP contribution >= 0.6 is 24.0 Å². The molecule has 1 nitrogen and oxygen atoms in total. The summed E-state index contributed by atoms with van der Waals surface area (Å²) in [6.45, 7) is 6.20. The molecule has 0 atom stereocenters. The van der Waals surface area contributed by atoms with Crippen LogP contribution in [0.3, 0.4) is 0 Å². The van der Waals surface area contributed by atoms with Gasteiger partial charge in [0.05, 0.1) is 13.2 Å². The summed E-state index contributed by atoms with van der Waals surface area (Å²) in [5, 5.41) is 2.13. The first kappa shape index (κ1) is 16.1. The van der Waals surface area contributed by atoms with Gasteiger partial charge in [-0.3, -0.25) is 0 Å². The third-order valence-corrected chi connectivity index (χ3v) is 4.98. The Balaban J connectivity index is 2.32. The second-order valence-corrected chi connectivity index (χ2v) is 6.39. The molecule has 0 N–H and O–H groups in total. The number of thiophene rings is 1. The molecule has 0 aliphatic rings. The molecule has 0 aromatic carbocycles. The van der Waals surface area contributed by atoms with Crippen molar-refractivity contribution in [3.8, 4) is 0 Å². The van der Waals surface area contributed by atoms with Crippen LogP contribution in [-0.4, -0.2) is 19.0 Å². The van der Waals surface area contributed by atoms with E-state index in [1.807, 2.05) is 11.3 Å². The van der Waals surface area contributed by atoms with Crippen LogP contribution in [0.2, 0.25) is 0 Å². The first-order valence-corrected chi connectivity index (χ1v) is 8.48. The maximum atomic E-state index is 5.93. The molecule has 0 fully saturated rings. The van der Waals surface area contributed by atoms with Gasteiger partial charge in [-0.25, -0.2) is 0 Å². The smallest absolute Gasteiger partial charge is 0.0530 e. The SMILES string of the molecule is CCCC(CS)(CCC)COCCc1cccs1. The lowest BCUT2D eigenvalue weighted by atomic mass is 9.82. The van der Waals surface area contributed by atoms with Gasteiger partial charge in [0.15, 0.2) is 0 Å². The summed E-state index contributed by atoms with van der Waals surface area (Å²) in [7, 11) is 0. The van der Waals surface area contributed by atoms with E-state index in [1.165, 1.54) is 30.6 Å². The van der Waals surface area contributed by atoms with Gasteiger partial charge in [-0.1, -0.05) is 32.8 Å². The Morgan fingerprint density at radius 1 is 1.28 bits per heavy atom. The van der Waals surface area contributed by atoms with Crippen molar-refractivity contribution < 1.29 is 4.74 Å². The van der Waals surface area contributed by atoms with E-state index in [2.05, 4.69) is 44.0 Å². The molecule has 1 aromatic rings. The van der Waals surface area contributed by atoms with Crippen LogP contribution in [0.4, 0.5) is 0 Å². The zero-order chi connectivity index (χ0) is 13.3. The summed E-state index contributed by atoms with van der Waals surface area (Å²) in [6, 6.07) is 4.28. The predicted octanol–water partition coefficient (Wildman–Crippen LogP) is 4.82. The molecule has 0 saturated carbocycles. The van der Waals surface area contributed by atoms with Gasteiger partial charge in [0.1, 0.15) is 0 Å². The largest absolute Gasteiger partial charge is 0.380 e. The van der Waals surface area contributed by atoms with E-state index in [1.54, 1.807) is 0 Å². The fourth-order valence-corrected chi connectivity index (χ4v) is 3.55. The molecule has 0 unspecified atom stereocenters. The summed E-state index contributed by atoms with van der Waals surface area (Å²) in [5.41, 5.74) is 0.294. The van der Waals surface area contributed by atoms with Gasteiger partial charge in [-0.15, -0.1) is 11.3 Å². The average molecular weight is 287 g/mol. The maximum Gasteiger partial charge on any atom is 0.0530 e. The Morgan fingerprint density at radius 3 is 2.50 bits per heavy atom. The Morgan fingerprint density at radius 2 is 2.00 bits per heavy atom. The van der Waals surface area contributed by atoms with Gasteiger partial charge >= 0.3 is 0 Å². The Bertz CT molecular complexity index is 289. The van der Waals surface area contributed by atoms with Gasteiger partial charge in [0, 0.05) is 16.7 Å². The van der Waals surface area contributed by atoms with Crippen LogP contribution in [-0.2, 0) is 11.2 Å². The molecular weight excluding hydrogens is 260 g/mol. The zero-order valence-corrected chi connectivity index (χ0v) is 13.4. The molecule has 104 valence electrons. The summed E-state index contributed by atoms with van der Waals surface area (Å²) >= 11 is 6.37. The minimum Gasteiger partial charge on any atom is -0.380 e. The van der Waals surface area contributed by atoms with Crippen LogP contribution in [0, 0.1) is 5.41 Å². The van der Waals surface area contributed by atoms with E-state index in [-0.39, 0.29) is 0 Å². The highest BCUT2D eigenvalue weighted by Gasteiger charge is 2.26. The summed E-state index contributed by atoms with van der Waals surface area (Å²) < 4.78 is 5.93. The molecule has 0 aliphatic heterocycles. The molecule has 18 heavy (non-hydrogen) atoms. The molecule has 3 heteroatoms. The lowest BCUT2D eigenvalue weighted by Crippen LogP contribution is -2.29. The summed E-state index contributed by atoms with van der Waals surface area (Å²) in [4.78, 5) is 1.41. The highest BCUT2D eigenvalue weighted by atomic mass is 32.1. The Kier molecular flexibility index (Phi) is 8.03. The van der Waals surface area contributed by atoms with E-state index in [4.69, 9.17) is 4.74 Å². The van der Waals surface area contributed by atoms with Crippen molar-refractivity contribution in [3.63, 3.8) is 0 Å². The molecule has 1 rings (SSSR count). The molecule has 1 aromatic heterocycles. The van der Waals surface area contributed by atoms with Gasteiger partial charge in [0.2, 0.25) is 0 Å². The molecule has 0 bridgehead atoms. The van der Waals surface area contributed by atoms with E-state index in [9.17, 15) is 0 Å². The van der Waals surface area contributed by atoms with Crippen LogP contribution in [0.5, 0.6) is 0 Å². The second-order valence-electron chi connectivity index (χ2n) is 5.04. The normalized spacial score (nSPS) is 11.9. The van der Waals surface area contributed by atoms with E-state index >= 15 is 0 Å². The fraction of sp³-hybridized carbons (Fsp3) is 0.733. The first-order valence-electron chi connectivity index (χ1n) is 6.97. The number of thiol groups is 1. The maximum absolute atomic E-state index is 5.93. The third-order valence-electron chi connectivity index (χ3n) is 3.38. The van der Waals surface area contributed by atoms with Crippen molar-refractivity contribution in [3.05, 3.63) is 22.4 Å². The van der Waals surface area contributed by atoms with Crippen molar-refractivity contribution in [2.45, 2.75) is 46.0 Å². The number of hydrogen-bond acceptors (Lipinski definition) is 3. The molecule has 1 heterocycles. The standard InChI is InChI=1S/C15H26OS2/c1-3-8-15(13-17,9-4-2)12-16-10-7-14-6-5-11-18-14/h5-6,11,17H,3-4,7-10,12-13H2,1-2H3. The highest BCUT2D eigenvalue weighted by molar-refractivity contribution is 7.80. The summed E-state index contributed by atoms with van der Waals surface area (Å²) in [5.74, 6) is 0.938. The van der Waals surface area contributed by atoms with Crippen LogP contribution < -0.4 is 0 Å². The van der Waals surface area contributed by atoms with Gasteiger partial charge in [0.25, 0.3) is 0 Å². The molecule has 0 amide bonds. The third kappa shape index (κ3) is 5.33. The van der Waals surface area contributed by atoms with Crippen molar-refractivity contribution in [2.24, 2.45) is 5.41 Å². The van der Waals surface area contributed by atoms with E-state index in [0.29, 0.717) is 5.41 Å². The fourth-order valence-electron chi connectivity index (χ4n) is 2.45. The number of rotatable bonds is 10. The van der Waals surface area contributed by atoms with Crippen molar-refractivity contribution in [2.75, 3.05) is 19.0 Å². The second kappa shape index (κ2) is 9.00. The van der Waals surface area contributed by atoms with E-state index < -0.39 is 0 Å². The Labute approximate surface area is 121 Å². The quantitative estimate of drug-likeness (QED) is 0.479. The average Bonchev–Trinajstić information content (AvgIpc) is 2.88. The molecular formula is C15H26OS2. The lowest BCUT2D eigenvalue weighted by molar-refractivity contribution is 0.0469. The van der Waals surface area contributed by atoms with Crippen LogP contribution in [0.1, 0.15) is 44.4 Å². The van der Waals surface area contributed by atoms with Gasteiger partial charge in [-0.2, -0.15) is 12.6 Å². The molecule has 0 aliphatic carbocycles. The van der Waals surface area contributed by atoms with Crippen molar-refractivity contribution >= 4 is 24.0 Å². The van der Waals surface area contributed by atoms with Crippen LogP contribution in [0.25, 0.3) is 0 Å². The summed E-state index contributed by atoms with van der Waals surface area (Å²) in [6.07, 6.45) is 5.93. The van der Waals surface area contributed by atoms with Gasteiger partial charge in [-0.05, 0) is 30.0 Å². The predicted molar refractivity (Wildman–Crippen MR) is 84.9 cm³/mol. The molecule has 0 radical (unpaired) electrons. The van der Waals surface area contributed by atoms with E-state index in [0.717, 1.165) is 25.4 Å². The lowest BCUT2D eigenvalue weighted by Gasteiger charge is -2.31. The molecule has 0 spiro atoms. The van der Waals surface area contributed by atoms with Crippen molar-refractivity contribution in [1.29, 1.82) is 0 Å². The minimum absolute atomic E-state index is 0.294. The monoisotopic (exact) mass is 286 g/mol. The van der Waals surface area contributed by atoms with Crippen LogP contribution in [0.15, 0.2) is 17.5 Å².